The minimum atomic E-state index is -0.760. The molecule has 0 aromatic carbocycles. The lowest BCUT2D eigenvalue weighted by Crippen LogP contribution is -2.53. The van der Waals surface area contributed by atoms with Crippen molar-refractivity contribution in [3.63, 3.8) is 0 Å². The van der Waals surface area contributed by atoms with Gasteiger partial charge < -0.3 is 21.1 Å². The molecule has 0 saturated carbocycles. The van der Waals surface area contributed by atoms with Gasteiger partial charge in [-0.3, -0.25) is 9.59 Å². The van der Waals surface area contributed by atoms with Crippen LogP contribution in [0.3, 0.4) is 0 Å². The summed E-state index contributed by atoms with van der Waals surface area (Å²) < 4.78 is 5.16. The van der Waals surface area contributed by atoms with Crippen LogP contribution in [0.2, 0.25) is 0 Å². The van der Waals surface area contributed by atoms with Gasteiger partial charge in [-0.25, -0.2) is 4.79 Å². The summed E-state index contributed by atoms with van der Waals surface area (Å²) in [6.07, 6.45) is 0.926. The summed E-state index contributed by atoms with van der Waals surface area (Å²) in [6, 6.07) is -1.51. The summed E-state index contributed by atoms with van der Waals surface area (Å²) in [5.74, 6) is -0.807. The largest absolute Gasteiger partial charge is 0.444 e. The van der Waals surface area contributed by atoms with E-state index in [-0.39, 0.29) is 5.92 Å². The first-order valence-electron chi connectivity index (χ1n) is 8.05. The highest BCUT2D eigenvalue weighted by Crippen LogP contribution is 2.09. The SMILES string of the molecule is CCC[C@H](NC(=O)OC(C)(C)C)C(=O)N[C@@H](CC(C)C)C(N)=O. The number of rotatable bonds is 8. The smallest absolute Gasteiger partial charge is 0.408 e. The van der Waals surface area contributed by atoms with E-state index in [0.717, 1.165) is 0 Å². The molecule has 7 heteroatoms. The first-order chi connectivity index (χ1) is 10.5. The van der Waals surface area contributed by atoms with Crippen molar-refractivity contribution in [3.8, 4) is 0 Å². The van der Waals surface area contributed by atoms with Crippen molar-refractivity contribution in [2.45, 2.75) is 78.5 Å². The first kappa shape index (κ1) is 21.2. The predicted molar refractivity (Wildman–Crippen MR) is 88.6 cm³/mol. The van der Waals surface area contributed by atoms with Gasteiger partial charge >= 0.3 is 6.09 Å². The summed E-state index contributed by atoms with van der Waals surface area (Å²) in [7, 11) is 0. The van der Waals surface area contributed by atoms with Crippen LogP contribution in [-0.4, -0.2) is 35.6 Å². The molecule has 0 bridgehead atoms. The number of hydrogen-bond acceptors (Lipinski definition) is 4. The Morgan fingerprint density at radius 3 is 2.04 bits per heavy atom. The summed E-state index contributed by atoms with van der Waals surface area (Å²) >= 11 is 0. The Labute approximate surface area is 138 Å². The van der Waals surface area contributed by atoms with Gasteiger partial charge in [0.15, 0.2) is 0 Å². The number of nitrogens with one attached hydrogen (secondary N) is 2. The second-order valence-corrected chi connectivity index (χ2v) is 7.08. The zero-order valence-electron chi connectivity index (χ0n) is 15.1. The Hall–Kier alpha value is -1.79. The van der Waals surface area contributed by atoms with E-state index in [2.05, 4.69) is 10.6 Å². The fourth-order valence-corrected chi connectivity index (χ4v) is 2.00. The quantitative estimate of drug-likeness (QED) is 0.629. The minimum absolute atomic E-state index is 0.205. The molecule has 0 rings (SSSR count). The molecule has 3 amide bonds. The number of nitrogens with two attached hydrogens (primary N) is 1. The summed E-state index contributed by atoms with van der Waals surface area (Å²) in [6.45, 7) is 11.0. The molecule has 0 unspecified atom stereocenters. The van der Waals surface area contributed by atoms with Gasteiger partial charge in [-0.05, 0) is 39.5 Å². The molecule has 0 aromatic heterocycles. The molecule has 0 aliphatic carbocycles. The second kappa shape index (κ2) is 9.37. The van der Waals surface area contributed by atoms with Crippen LogP contribution in [0.4, 0.5) is 4.79 Å². The summed E-state index contributed by atoms with van der Waals surface area (Å²) in [4.78, 5) is 35.6. The van der Waals surface area contributed by atoms with Crippen LogP contribution in [0, 0.1) is 5.92 Å². The van der Waals surface area contributed by atoms with Gasteiger partial charge in [0.05, 0.1) is 0 Å². The molecule has 0 saturated heterocycles. The van der Waals surface area contributed by atoms with E-state index in [1.165, 1.54) is 0 Å². The molecule has 0 aromatic rings. The highest BCUT2D eigenvalue weighted by atomic mass is 16.6. The molecule has 23 heavy (non-hydrogen) atoms. The van der Waals surface area contributed by atoms with Gasteiger partial charge in [0.1, 0.15) is 17.7 Å². The molecular weight excluding hydrogens is 298 g/mol. The number of primary amides is 1. The Bertz CT molecular complexity index is 416. The predicted octanol–water partition coefficient (Wildman–Crippen LogP) is 1.70. The van der Waals surface area contributed by atoms with Gasteiger partial charge in [-0.2, -0.15) is 0 Å². The molecule has 2 atom stereocenters. The van der Waals surface area contributed by atoms with E-state index < -0.39 is 35.6 Å². The van der Waals surface area contributed by atoms with Crippen molar-refractivity contribution < 1.29 is 19.1 Å². The molecular formula is C16H31N3O4. The van der Waals surface area contributed by atoms with E-state index in [0.29, 0.717) is 19.3 Å². The lowest BCUT2D eigenvalue weighted by molar-refractivity contribution is -0.129. The molecule has 0 fully saturated rings. The Morgan fingerprint density at radius 2 is 1.65 bits per heavy atom. The zero-order valence-corrected chi connectivity index (χ0v) is 15.1. The first-order valence-corrected chi connectivity index (χ1v) is 8.05. The summed E-state index contributed by atoms with van der Waals surface area (Å²) in [5, 5.41) is 5.16. The average Bonchev–Trinajstić information content (AvgIpc) is 2.34. The highest BCUT2D eigenvalue weighted by molar-refractivity contribution is 5.90. The normalized spacial score (nSPS) is 14.0. The summed E-state index contributed by atoms with van der Waals surface area (Å²) in [5.41, 5.74) is 4.68. The molecule has 0 aliphatic rings. The molecule has 0 heterocycles. The average molecular weight is 329 g/mol. The number of carbonyl (C=O) groups is 3. The van der Waals surface area contributed by atoms with Gasteiger partial charge in [0.25, 0.3) is 0 Å². The molecule has 0 radical (unpaired) electrons. The van der Waals surface area contributed by atoms with Gasteiger partial charge in [-0.15, -0.1) is 0 Å². The Balaban J connectivity index is 4.83. The van der Waals surface area contributed by atoms with Crippen LogP contribution in [0.5, 0.6) is 0 Å². The maximum atomic E-state index is 12.3. The third-order valence-corrected chi connectivity index (χ3v) is 2.95. The maximum absolute atomic E-state index is 12.3. The van der Waals surface area contributed by atoms with Crippen molar-refractivity contribution in [1.82, 2.24) is 10.6 Å². The Morgan fingerprint density at radius 1 is 1.09 bits per heavy atom. The van der Waals surface area contributed by atoms with Crippen molar-refractivity contribution >= 4 is 17.9 Å². The van der Waals surface area contributed by atoms with Crippen molar-refractivity contribution in [1.29, 1.82) is 0 Å². The van der Waals surface area contributed by atoms with Gasteiger partial charge in [0.2, 0.25) is 11.8 Å². The van der Waals surface area contributed by atoms with Crippen LogP contribution in [0.15, 0.2) is 0 Å². The van der Waals surface area contributed by atoms with Crippen LogP contribution < -0.4 is 16.4 Å². The molecule has 7 nitrogen and oxygen atoms in total. The van der Waals surface area contributed by atoms with E-state index in [9.17, 15) is 14.4 Å². The molecule has 4 N–H and O–H groups in total. The number of carbonyl (C=O) groups excluding carboxylic acids is 3. The van der Waals surface area contributed by atoms with Gasteiger partial charge in [0, 0.05) is 0 Å². The van der Waals surface area contributed by atoms with Crippen molar-refractivity contribution in [3.05, 3.63) is 0 Å². The topological polar surface area (TPSA) is 111 Å². The third-order valence-electron chi connectivity index (χ3n) is 2.95. The van der Waals surface area contributed by atoms with Gasteiger partial charge in [-0.1, -0.05) is 27.2 Å². The standard InChI is InChI=1S/C16H31N3O4/c1-7-8-11(19-15(22)23-16(4,5)6)14(21)18-12(13(17)20)9-10(2)3/h10-12H,7-9H2,1-6H3,(H2,17,20)(H,18,21)(H,19,22)/t11-,12-/m0/s1. The number of hydrogen-bond donors (Lipinski definition) is 3. The molecule has 0 spiro atoms. The number of amides is 3. The zero-order chi connectivity index (χ0) is 18.2. The minimum Gasteiger partial charge on any atom is -0.444 e. The number of alkyl carbamates (subject to hydrolysis) is 1. The van der Waals surface area contributed by atoms with Crippen LogP contribution in [0.1, 0.15) is 60.8 Å². The van der Waals surface area contributed by atoms with Crippen LogP contribution in [0.25, 0.3) is 0 Å². The fraction of sp³-hybridized carbons (Fsp3) is 0.812. The van der Waals surface area contributed by atoms with E-state index in [4.69, 9.17) is 10.5 Å². The maximum Gasteiger partial charge on any atom is 0.408 e. The third kappa shape index (κ3) is 9.76. The molecule has 0 aliphatic heterocycles. The van der Waals surface area contributed by atoms with Crippen molar-refractivity contribution in [2.75, 3.05) is 0 Å². The lowest BCUT2D eigenvalue weighted by atomic mass is 10.0. The lowest BCUT2D eigenvalue weighted by Gasteiger charge is -2.25. The van der Waals surface area contributed by atoms with Crippen LogP contribution >= 0.6 is 0 Å². The molecule has 134 valence electrons. The monoisotopic (exact) mass is 329 g/mol. The van der Waals surface area contributed by atoms with Crippen LogP contribution in [-0.2, 0) is 14.3 Å². The van der Waals surface area contributed by atoms with Crippen molar-refractivity contribution in [2.24, 2.45) is 11.7 Å². The number of ether oxygens (including phenoxy) is 1. The highest BCUT2D eigenvalue weighted by Gasteiger charge is 2.27. The fourth-order valence-electron chi connectivity index (χ4n) is 2.00. The van der Waals surface area contributed by atoms with E-state index in [1.807, 2.05) is 20.8 Å². The van der Waals surface area contributed by atoms with E-state index in [1.54, 1.807) is 20.8 Å². The Kier molecular flexibility index (Phi) is 8.64. The van der Waals surface area contributed by atoms with E-state index >= 15 is 0 Å². The second-order valence-electron chi connectivity index (χ2n) is 7.08.